The number of carbonyl (C=O) groups excluding carboxylic acids is 2. The average Bonchev–Trinajstić information content (AvgIpc) is 3.44. The van der Waals surface area contributed by atoms with Crippen molar-refractivity contribution in [2.24, 2.45) is 10.9 Å². The predicted octanol–water partition coefficient (Wildman–Crippen LogP) is -0.160. The van der Waals surface area contributed by atoms with Gasteiger partial charge in [-0.1, -0.05) is 12.1 Å². The number of primary sulfonamides is 1. The zero-order valence-electron chi connectivity index (χ0n) is 18.7. The van der Waals surface area contributed by atoms with Crippen molar-refractivity contribution in [1.29, 1.82) is 0 Å². The second kappa shape index (κ2) is 9.42. The number of H-pyrrole nitrogens is 1. The van der Waals surface area contributed by atoms with Gasteiger partial charge in [-0.05, 0) is 40.1 Å². The number of aromatic nitrogens is 4. The van der Waals surface area contributed by atoms with Gasteiger partial charge in [0.1, 0.15) is 10.6 Å². The highest BCUT2D eigenvalue weighted by Crippen LogP contribution is 2.40. The van der Waals surface area contributed by atoms with Crippen LogP contribution in [0, 0.1) is 0 Å². The van der Waals surface area contributed by atoms with Crippen LogP contribution in [-0.4, -0.2) is 67.5 Å². The van der Waals surface area contributed by atoms with Crippen molar-refractivity contribution >= 4 is 37.4 Å². The van der Waals surface area contributed by atoms with E-state index in [1.807, 2.05) is 0 Å². The Morgan fingerprint density at radius 2 is 1.87 bits per heavy atom. The van der Waals surface area contributed by atoms with Gasteiger partial charge in [-0.15, -0.1) is 10.2 Å². The van der Waals surface area contributed by atoms with Gasteiger partial charge in [0.2, 0.25) is 21.8 Å². The van der Waals surface area contributed by atoms with Crippen LogP contribution in [0.2, 0.25) is 0 Å². The number of anilines is 1. The number of nitrogens with two attached hydrogens (primary N) is 2. The molecule has 0 aliphatic carbocycles. The number of amides is 1. The summed E-state index contributed by atoms with van der Waals surface area (Å²) in [6.45, 7) is 0. The SMILES string of the molecule is NC(CS(=O)(=O)c1ccc(-c2ccc3c(c2)CC(=O)N3)c(-c2nn[nH]n2)c1S(N)(=O)=O)OC(=O)C(F)(F)F. The van der Waals surface area contributed by atoms with Gasteiger partial charge < -0.3 is 10.1 Å². The van der Waals surface area contributed by atoms with Crippen molar-refractivity contribution in [3.05, 3.63) is 35.9 Å². The van der Waals surface area contributed by atoms with Gasteiger partial charge in [0.25, 0.3) is 0 Å². The first-order valence-electron chi connectivity index (χ1n) is 10.2. The Bertz CT molecular complexity index is 1660. The number of halogens is 3. The Hall–Kier alpha value is -3.94. The molecule has 38 heavy (non-hydrogen) atoms. The number of aromatic amines is 1. The minimum Gasteiger partial charge on any atom is -0.439 e. The minimum absolute atomic E-state index is 0.0315. The molecule has 0 saturated carbocycles. The maximum atomic E-state index is 13.1. The van der Waals surface area contributed by atoms with E-state index in [0.29, 0.717) is 16.8 Å². The molecule has 1 aromatic heterocycles. The van der Waals surface area contributed by atoms with Crippen molar-refractivity contribution in [2.75, 3.05) is 11.1 Å². The normalized spacial score (nSPS) is 14.6. The first-order valence-corrected chi connectivity index (χ1v) is 13.4. The van der Waals surface area contributed by atoms with Crippen LogP contribution in [0.15, 0.2) is 40.1 Å². The van der Waals surface area contributed by atoms with Gasteiger partial charge in [0.05, 0.1) is 16.9 Å². The molecule has 0 saturated heterocycles. The summed E-state index contributed by atoms with van der Waals surface area (Å²) in [7, 11) is -9.77. The number of nitrogens with one attached hydrogen (secondary N) is 2. The number of rotatable bonds is 7. The first-order chi connectivity index (χ1) is 17.6. The van der Waals surface area contributed by atoms with Gasteiger partial charge in [0, 0.05) is 5.69 Å². The van der Waals surface area contributed by atoms with Crippen molar-refractivity contribution in [3.63, 3.8) is 0 Å². The fraction of sp³-hybridized carbons (Fsp3) is 0.211. The summed E-state index contributed by atoms with van der Waals surface area (Å²) in [5, 5.41) is 21.0. The first kappa shape index (κ1) is 27.1. The van der Waals surface area contributed by atoms with Crippen LogP contribution < -0.4 is 16.2 Å². The second-order valence-electron chi connectivity index (χ2n) is 7.92. The molecule has 2 aromatic carbocycles. The number of nitrogens with zero attached hydrogens (tertiary/aromatic N) is 3. The lowest BCUT2D eigenvalue weighted by Gasteiger charge is -2.18. The molecule has 0 fully saturated rings. The molecule has 3 aromatic rings. The number of carbonyl (C=O) groups is 2. The maximum absolute atomic E-state index is 13.1. The van der Waals surface area contributed by atoms with Crippen LogP contribution in [0.1, 0.15) is 5.56 Å². The summed E-state index contributed by atoms with van der Waals surface area (Å²) in [6.07, 6.45) is -7.72. The number of sulfone groups is 1. The third kappa shape index (κ3) is 5.35. The highest BCUT2D eigenvalue weighted by Gasteiger charge is 2.43. The van der Waals surface area contributed by atoms with E-state index in [4.69, 9.17) is 10.9 Å². The van der Waals surface area contributed by atoms with Crippen LogP contribution in [-0.2, 0) is 40.6 Å². The van der Waals surface area contributed by atoms with E-state index >= 15 is 0 Å². The number of alkyl halides is 3. The Kier molecular flexibility index (Phi) is 6.72. The van der Waals surface area contributed by atoms with Gasteiger partial charge in [-0.25, -0.2) is 26.8 Å². The van der Waals surface area contributed by atoms with Crippen molar-refractivity contribution in [3.8, 4) is 22.5 Å². The van der Waals surface area contributed by atoms with Crippen molar-refractivity contribution in [2.45, 2.75) is 28.6 Å². The molecule has 19 heteroatoms. The lowest BCUT2D eigenvalue weighted by Crippen LogP contribution is -2.39. The molecular weight excluding hydrogens is 559 g/mol. The van der Waals surface area contributed by atoms with Gasteiger partial charge in [-0.3, -0.25) is 10.5 Å². The molecule has 1 amide bonds. The minimum atomic E-state index is -5.45. The zero-order valence-corrected chi connectivity index (χ0v) is 20.3. The molecule has 0 spiro atoms. The number of tetrazole rings is 1. The molecule has 14 nitrogen and oxygen atoms in total. The van der Waals surface area contributed by atoms with E-state index in [-0.39, 0.29) is 23.7 Å². The molecule has 1 aliphatic heterocycles. The molecule has 6 N–H and O–H groups in total. The predicted molar refractivity (Wildman–Crippen MR) is 121 cm³/mol. The highest BCUT2D eigenvalue weighted by molar-refractivity contribution is 7.93. The summed E-state index contributed by atoms with van der Waals surface area (Å²) in [5.74, 6) is -4.82. The largest absolute Gasteiger partial charge is 0.490 e. The van der Waals surface area contributed by atoms with Crippen LogP contribution in [0.25, 0.3) is 22.5 Å². The number of benzene rings is 2. The number of ether oxygens (including phenoxy) is 1. The van der Waals surface area contributed by atoms with E-state index in [1.54, 1.807) is 12.1 Å². The van der Waals surface area contributed by atoms with E-state index in [2.05, 4.69) is 30.7 Å². The molecule has 1 unspecified atom stereocenters. The number of hydrogen-bond acceptors (Lipinski definition) is 11. The van der Waals surface area contributed by atoms with Crippen LogP contribution in [0.5, 0.6) is 0 Å². The fourth-order valence-corrected chi connectivity index (χ4v) is 6.67. The summed E-state index contributed by atoms with van der Waals surface area (Å²) in [4.78, 5) is 20.8. The van der Waals surface area contributed by atoms with Crippen molar-refractivity contribution in [1.82, 2.24) is 20.6 Å². The quantitative estimate of drug-likeness (QED) is 0.213. The van der Waals surface area contributed by atoms with Crippen LogP contribution in [0.4, 0.5) is 18.9 Å². The Morgan fingerprint density at radius 1 is 1.16 bits per heavy atom. The molecule has 1 atom stereocenters. The van der Waals surface area contributed by atoms with Crippen LogP contribution in [0.3, 0.4) is 0 Å². The van der Waals surface area contributed by atoms with E-state index in [0.717, 1.165) is 6.07 Å². The van der Waals surface area contributed by atoms with Crippen LogP contribution >= 0.6 is 0 Å². The molecule has 4 rings (SSSR count). The standard InChI is InChI=1S/C19H16F3N7O7S2/c20-19(21,22)18(31)36-13(23)7-37(32,33)12-4-2-10(8-1-3-11-9(5-8)6-14(30)25-11)15(16(12)38(24,34)35)17-26-28-29-27-17/h1-5,13H,6-7,23H2,(H,25,30)(H2,24,34,35)(H,26,27,28,29). The summed E-state index contributed by atoms with van der Waals surface area (Å²) in [5.41, 5.74) is 6.38. The van der Waals surface area contributed by atoms with Gasteiger partial charge >= 0.3 is 12.1 Å². The molecule has 1 aliphatic rings. The number of hydrogen-bond donors (Lipinski definition) is 4. The number of sulfonamides is 1. The average molecular weight is 576 g/mol. The third-order valence-electron chi connectivity index (χ3n) is 5.22. The number of fused-ring (bicyclic) bond motifs is 1. The second-order valence-corrected chi connectivity index (χ2v) is 11.4. The molecule has 0 bridgehead atoms. The molecule has 0 radical (unpaired) electrons. The molecular formula is C19H16F3N7O7S2. The van der Waals surface area contributed by atoms with Gasteiger partial charge in [0.15, 0.2) is 16.1 Å². The van der Waals surface area contributed by atoms with E-state index in [9.17, 15) is 39.6 Å². The summed E-state index contributed by atoms with van der Waals surface area (Å²) >= 11 is 0. The smallest absolute Gasteiger partial charge is 0.439 e. The monoisotopic (exact) mass is 575 g/mol. The Morgan fingerprint density at radius 3 is 2.47 bits per heavy atom. The molecule has 202 valence electrons. The topological polar surface area (TPSA) is 230 Å². The Balaban J connectivity index is 1.89. The lowest BCUT2D eigenvalue weighted by atomic mass is 9.96. The van der Waals surface area contributed by atoms with Crippen molar-refractivity contribution < 1.29 is 44.3 Å². The molecule has 2 heterocycles. The lowest BCUT2D eigenvalue weighted by molar-refractivity contribution is -0.203. The maximum Gasteiger partial charge on any atom is 0.490 e. The fourth-order valence-electron chi connectivity index (χ4n) is 3.76. The van der Waals surface area contributed by atoms with Gasteiger partial charge in [-0.2, -0.15) is 18.4 Å². The van der Waals surface area contributed by atoms with E-state index in [1.165, 1.54) is 12.1 Å². The third-order valence-corrected chi connectivity index (χ3v) is 8.12. The number of esters is 1. The Labute approximate surface area is 211 Å². The highest BCUT2D eigenvalue weighted by atomic mass is 32.2. The van der Waals surface area contributed by atoms with E-state index < -0.39 is 59.3 Å². The zero-order chi connectivity index (χ0) is 28.0. The summed E-state index contributed by atoms with van der Waals surface area (Å²) < 4.78 is 93.1. The summed E-state index contributed by atoms with van der Waals surface area (Å²) in [6, 6.07) is 6.65.